The topological polar surface area (TPSA) is 131 Å². The molecule has 10 nitrogen and oxygen atoms in total. The number of imidazole rings is 1. The molecule has 1 aliphatic carbocycles. The highest BCUT2D eigenvalue weighted by molar-refractivity contribution is 7.90. The number of rotatable bonds is 7. The van der Waals surface area contributed by atoms with Crippen LogP contribution in [0.1, 0.15) is 23.7 Å². The molecular weight excluding hydrogens is 542 g/mol. The summed E-state index contributed by atoms with van der Waals surface area (Å²) in [5.74, 6) is 0.365. The van der Waals surface area contributed by atoms with Gasteiger partial charge in [-0.2, -0.15) is 0 Å². The van der Waals surface area contributed by atoms with Gasteiger partial charge in [0.05, 0.1) is 12.1 Å². The highest BCUT2D eigenvalue weighted by Gasteiger charge is 2.60. The van der Waals surface area contributed by atoms with Gasteiger partial charge in [-0.15, -0.1) is 0 Å². The van der Waals surface area contributed by atoms with Crippen LogP contribution >= 0.6 is 11.6 Å². The van der Waals surface area contributed by atoms with E-state index in [4.69, 9.17) is 11.6 Å². The standard InChI is InChI=1S/C27H24ClN5O5S/c1-38-26(35)30-19-11-13-20(14-12-19)33-16-15-29-24(33)27(17-21(27)18-7-3-2-4-8-18)31-25(34)32-39(36,37)23-10-6-5-9-22(23)28/h2-16,21H,17H2,1H3,(H,30,35)(H2,31,32,34)/t21-,27-/m1/s1. The molecule has 5 rings (SSSR count). The Kier molecular flexibility index (Phi) is 7.02. The number of ether oxygens (including phenoxy) is 1. The maximum absolute atomic E-state index is 13.2. The van der Waals surface area contributed by atoms with Gasteiger partial charge in [0.1, 0.15) is 16.3 Å². The third kappa shape index (κ3) is 5.31. The van der Waals surface area contributed by atoms with Crippen molar-refractivity contribution in [1.82, 2.24) is 19.6 Å². The van der Waals surface area contributed by atoms with Crippen molar-refractivity contribution < 1.29 is 22.7 Å². The van der Waals surface area contributed by atoms with Crippen molar-refractivity contribution in [2.24, 2.45) is 0 Å². The Hall–Kier alpha value is -4.35. The summed E-state index contributed by atoms with van der Waals surface area (Å²) < 4.78 is 34.3. The number of hydrogen-bond donors (Lipinski definition) is 3. The number of halogens is 1. The molecule has 3 N–H and O–H groups in total. The lowest BCUT2D eigenvalue weighted by Gasteiger charge is -2.22. The molecule has 1 aromatic heterocycles. The van der Waals surface area contributed by atoms with Crippen molar-refractivity contribution in [1.29, 1.82) is 0 Å². The maximum atomic E-state index is 13.2. The number of sulfonamides is 1. The molecule has 3 aromatic carbocycles. The average molecular weight is 566 g/mol. The van der Waals surface area contributed by atoms with E-state index in [2.05, 4.69) is 25.1 Å². The molecule has 1 fully saturated rings. The number of methoxy groups -OCH3 is 1. The monoisotopic (exact) mass is 565 g/mol. The molecule has 0 aliphatic heterocycles. The van der Waals surface area contributed by atoms with E-state index in [-0.39, 0.29) is 15.8 Å². The lowest BCUT2D eigenvalue weighted by Crippen LogP contribution is -2.46. The highest BCUT2D eigenvalue weighted by Crippen LogP contribution is 2.58. The Morgan fingerprint density at radius 3 is 2.41 bits per heavy atom. The Morgan fingerprint density at radius 1 is 1.03 bits per heavy atom. The minimum atomic E-state index is -4.23. The lowest BCUT2D eigenvalue weighted by molar-refractivity contribution is 0.187. The second kappa shape index (κ2) is 10.4. The van der Waals surface area contributed by atoms with Crippen LogP contribution in [0.15, 0.2) is 96.2 Å². The first kappa shape index (κ1) is 26.3. The van der Waals surface area contributed by atoms with Gasteiger partial charge in [-0.1, -0.05) is 54.1 Å². The Labute approximate surface area is 230 Å². The second-order valence-corrected chi connectivity index (χ2v) is 11.0. The number of hydrogen-bond acceptors (Lipinski definition) is 6. The largest absolute Gasteiger partial charge is 0.453 e. The van der Waals surface area contributed by atoms with Crippen molar-refractivity contribution in [3.8, 4) is 5.69 Å². The van der Waals surface area contributed by atoms with E-state index in [0.29, 0.717) is 17.9 Å². The number of anilines is 1. The molecule has 1 saturated carbocycles. The van der Waals surface area contributed by atoms with Gasteiger partial charge in [0.15, 0.2) is 0 Å². The number of nitrogens with zero attached hydrogens (tertiary/aromatic N) is 2. The summed E-state index contributed by atoms with van der Waals surface area (Å²) in [6, 6.07) is 21.6. The van der Waals surface area contributed by atoms with Crippen LogP contribution in [0, 0.1) is 0 Å². The fraction of sp³-hybridized carbons (Fsp3) is 0.148. The summed E-state index contributed by atoms with van der Waals surface area (Å²) in [4.78, 5) is 29.1. The van der Waals surface area contributed by atoms with Crippen LogP contribution in [0.5, 0.6) is 0 Å². The van der Waals surface area contributed by atoms with Gasteiger partial charge in [0.25, 0.3) is 10.0 Å². The Morgan fingerprint density at radius 2 is 1.72 bits per heavy atom. The van der Waals surface area contributed by atoms with Crippen molar-refractivity contribution >= 4 is 39.4 Å². The number of amides is 3. The van der Waals surface area contributed by atoms with E-state index in [0.717, 1.165) is 11.3 Å². The normalized spacial score (nSPS) is 18.2. The van der Waals surface area contributed by atoms with E-state index < -0.39 is 27.7 Å². The Balaban J connectivity index is 1.46. The molecule has 2 atom stereocenters. The van der Waals surface area contributed by atoms with Crippen LogP contribution in [0.4, 0.5) is 15.3 Å². The van der Waals surface area contributed by atoms with Crippen LogP contribution in [0.25, 0.3) is 5.69 Å². The van der Waals surface area contributed by atoms with Gasteiger partial charge >= 0.3 is 12.1 Å². The number of aromatic nitrogens is 2. The van der Waals surface area contributed by atoms with E-state index in [1.807, 2.05) is 34.9 Å². The van der Waals surface area contributed by atoms with Crippen molar-refractivity contribution in [3.63, 3.8) is 0 Å². The fourth-order valence-corrected chi connectivity index (χ4v) is 6.00. The van der Waals surface area contributed by atoms with Crippen LogP contribution < -0.4 is 15.4 Å². The Bertz CT molecular complexity index is 1630. The molecule has 0 spiro atoms. The molecule has 0 saturated heterocycles. The summed E-state index contributed by atoms with van der Waals surface area (Å²) in [5, 5.41) is 5.49. The van der Waals surface area contributed by atoms with Gasteiger partial charge in [-0.25, -0.2) is 27.7 Å². The summed E-state index contributed by atoms with van der Waals surface area (Å²) in [7, 11) is -2.95. The smallest absolute Gasteiger partial charge is 0.411 e. The first-order valence-corrected chi connectivity index (χ1v) is 13.7. The third-order valence-electron chi connectivity index (χ3n) is 6.47. The average Bonchev–Trinajstić information content (AvgIpc) is 3.41. The number of carbonyl (C=O) groups excluding carboxylic acids is 2. The predicted octanol–water partition coefficient (Wildman–Crippen LogP) is 4.77. The summed E-state index contributed by atoms with van der Waals surface area (Å²) >= 11 is 6.06. The van der Waals surface area contributed by atoms with Crippen molar-refractivity contribution in [2.75, 3.05) is 12.4 Å². The molecule has 0 unspecified atom stereocenters. The fourth-order valence-electron chi connectivity index (χ4n) is 4.58. The van der Waals surface area contributed by atoms with Crippen LogP contribution in [0.2, 0.25) is 5.02 Å². The lowest BCUT2D eigenvalue weighted by atomic mass is 10.1. The van der Waals surface area contributed by atoms with Crippen molar-refractivity contribution in [2.45, 2.75) is 22.8 Å². The molecule has 0 bridgehead atoms. The summed E-state index contributed by atoms with van der Waals surface area (Å²) in [6.07, 6.45) is 3.27. The number of benzene rings is 3. The highest BCUT2D eigenvalue weighted by atomic mass is 35.5. The molecule has 12 heteroatoms. The van der Waals surface area contributed by atoms with Crippen LogP contribution in [-0.4, -0.2) is 37.2 Å². The quantitative estimate of drug-likeness (QED) is 0.296. The van der Waals surface area contributed by atoms with Crippen LogP contribution in [0.3, 0.4) is 0 Å². The third-order valence-corrected chi connectivity index (χ3v) is 8.30. The van der Waals surface area contributed by atoms with Gasteiger partial charge in [-0.3, -0.25) is 5.32 Å². The van der Waals surface area contributed by atoms with E-state index >= 15 is 0 Å². The molecule has 39 heavy (non-hydrogen) atoms. The van der Waals surface area contributed by atoms with E-state index in [1.165, 1.54) is 25.3 Å². The van der Waals surface area contributed by atoms with Crippen molar-refractivity contribution in [3.05, 3.63) is 108 Å². The molecule has 200 valence electrons. The molecule has 3 amide bonds. The first-order valence-electron chi connectivity index (χ1n) is 11.9. The summed E-state index contributed by atoms with van der Waals surface area (Å²) in [6.45, 7) is 0. The number of nitrogens with one attached hydrogen (secondary N) is 3. The van der Waals surface area contributed by atoms with Gasteiger partial charge in [0.2, 0.25) is 0 Å². The zero-order chi connectivity index (χ0) is 27.6. The van der Waals surface area contributed by atoms with Gasteiger partial charge in [-0.05, 0) is 48.4 Å². The molecule has 1 heterocycles. The SMILES string of the molecule is COC(=O)Nc1ccc(-n2ccnc2[C@@]2(NC(=O)NS(=O)(=O)c3ccccc3Cl)C[C@@H]2c2ccccc2)cc1. The maximum Gasteiger partial charge on any atom is 0.411 e. The van der Waals surface area contributed by atoms with Crippen LogP contribution in [-0.2, 0) is 20.3 Å². The zero-order valence-corrected chi connectivity index (χ0v) is 22.2. The molecular formula is C27H24ClN5O5S. The first-order chi connectivity index (χ1) is 18.7. The minimum absolute atomic E-state index is 0.00164. The van der Waals surface area contributed by atoms with Gasteiger partial charge < -0.3 is 14.6 Å². The molecule has 0 radical (unpaired) electrons. The zero-order valence-electron chi connectivity index (χ0n) is 20.7. The minimum Gasteiger partial charge on any atom is -0.453 e. The van der Waals surface area contributed by atoms with Gasteiger partial charge in [0, 0.05) is 29.7 Å². The van der Waals surface area contributed by atoms with E-state index in [9.17, 15) is 18.0 Å². The molecule has 4 aromatic rings. The molecule has 1 aliphatic rings. The summed E-state index contributed by atoms with van der Waals surface area (Å²) in [5.41, 5.74) is 1.24. The second-order valence-electron chi connectivity index (χ2n) is 8.91. The number of urea groups is 1. The predicted molar refractivity (Wildman–Crippen MR) is 145 cm³/mol. The number of carbonyl (C=O) groups is 2. The van der Waals surface area contributed by atoms with E-state index in [1.54, 1.807) is 42.7 Å².